The Kier molecular flexibility index (Phi) is 13.0. The standard InChI is InChI=1S/C19H36OSi.C16H28O/c1-6-7-16-8-10-17(11-9-16)18-12-13-19(15(2)14-18)20-21(3,4)5;1-3-4-13-5-7-14(8-6-13)15-9-10-16(17)12(2)11-15/h16-18H,6-14H2,1-5H3;12-15H,3-11H2,1-2H3. The Bertz CT molecular complexity index is 734. The van der Waals surface area contributed by atoms with Gasteiger partial charge in [0.15, 0.2) is 0 Å². The zero-order valence-electron chi connectivity index (χ0n) is 26.6. The molecule has 3 saturated carbocycles. The van der Waals surface area contributed by atoms with Crippen molar-refractivity contribution in [3.8, 4) is 0 Å². The molecule has 0 heterocycles. The zero-order valence-corrected chi connectivity index (χ0v) is 27.6. The van der Waals surface area contributed by atoms with Crippen molar-refractivity contribution in [2.45, 2.75) is 163 Å². The van der Waals surface area contributed by atoms with E-state index in [4.69, 9.17) is 4.43 Å². The maximum atomic E-state index is 11.6. The third-order valence-electron chi connectivity index (χ3n) is 10.7. The normalized spacial score (nSPS) is 34.9. The number of carbonyl (C=O) groups is 1. The van der Waals surface area contributed by atoms with E-state index >= 15 is 0 Å². The fourth-order valence-corrected chi connectivity index (χ4v) is 9.48. The van der Waals surface area contributed by atoms with Crippen LogP contribution >= 0.6 is 0 Å². The van der Waals surface area contributed by atoms with Gasteiger partial charge >= 0.3 is 0 Å². The second-order valence-corrected chi connectivity index (χ2v) is 19.4. The van der Waals surface area contributed by atoms with Crippen molar-refractivity contribution in [2.75, 3.05) is 0 Å². The molecule has 3 fully saturated rings. The first-order chi connectivity index (χ1) is 18.1. The van der Waals surface area contributed by atoms with Crippen LogP contribution in [0.25, 0.3) is 0 Å². The number of Topliss-reactive ketones (excluding diaryl/α,β-unsaturated/α-hetero) is 1. The molecule has 3 heteroatoms. The van der Waals surface area contributed by atoms with Crippen molar-refractivity contribution in [3.05, 3.63) is 11.3 Å². The predicted octanol–water partition coefficient (Wildman–Crippen LogP) is 11.1. The summed E-state index contributed by atoms with van der Waals surface area (Å²) in [5, 5.41) is 0. The monoisotopic (exact) mass is 544 g/mol. The molecule has 2 nitrogen and oxygen atoms in total. The summed E-state index contributed by atoms with van der Waals surface area (Å²) in [6.45, 7) is 16.0. The Labute approximate surface area is 238 Å². The van der Waals surface area contributed by atoms with E-state index < -0.39 is 8.32 Å². The first kappa shape index (κ1) is 31.9. The van der Waals surface area contributed by atoms with Gasteiger partial charge in [0, 0.05) is 18.8 Å². The van der Waals surface area contributed by atoms with Gasteiger partial charge in [-0.1, -0.05) is 72.1 Å². The number of ketones is 1. The van der Waals surface area contributed by atoms with Crippen molar-refractivity contribution in [1.82, 2.24) is 0 Å². The number of hydrogen-bond acceptors (Lipinski definition) is 2. The van der Waals surface area contributed by atoms with Gasteiger partial charge in [0.1, 0.15) is 5.78 Å². The Morgan fingerprint density at radius 1 is 0.711 bits per heavy atom. The Balaban J connectivity index is 0.000000215. The molecule has 3 atom stereocenters. The minimum atomic E-state index is -1.42. The molecule has 0 saturated heterocycles. The van der Waals surface area contributed by atoms with Gasteiger partial charge in [0.25, 0.3) is 0 Å². The smallest absolute Gasteiger partial charge is 0.241 e. The molecular weight excluding hydrogens is 480 g/mol. The lowest BCUT2D eigenvalue weighted by Crippen LogP contribution is -2.29. The van der Waals surface area contributed by atoms with Crippen LogP contribution in [0.3, 0.4) is 0 Å². The molecule has 0 aromatic heterocycles. The van der Waals surface area contributed by atoms with E-state index in [1.54, 1.807) is 5.57 Å². The van der Waals surface area contributed by atoms with E-state index in [2.05, 4.69) is 47.3 Å². The molecule has 0 aliphatic heterocycles. The van der Waals surface area contributed by atoms with Gasteiger partial charge < -0.3 is 4.43 Å². The predicted molar refractivity (Wildman–Crippen MR) is 167 cm³/mol. The second kappa shape index (κ2) is 15.4. The first-order valence-corrected chi connectivity index (χ1v) is 20.4. The van der Waals surface area contributed by atoms with Crippen molar-refractivity contribution in [1.29, 1.82) is 0 Å². The molecular formula is C35H64O2Si. The summed E-state index contributed by atoms with van der Waals surface area (Å²) in [4.78, 5) is 11.6. The van der Waals surface area contributed by atoms with Crippen molar-refractivity contribution in [2.24, 2.45) is 41.4 Å². The highest BCUT2D eigenvalue weighted by Gasteiger charge is 2.33. The highest BCUT2D eigenvalue weighted by Crippen LogP contribution is 2.43. The average molecular weight is 545 g/mol. The van der Waals surface area contributed by atoms with Crippen LogP contribution < -0.4 is 0 Å². The lowest BCUT2D eigenvalue weighted by molar-refractivity contribution is -0.125. The van der Waals surface area contributed by atoms with Crippen molar-refractivity contribution < 1.29 is 9.22 Å². The average Bonchev–Trinajstić information content (AvgIpc) is 2.88. The van der Waals surface area contributed by atoms with E-state index in [0.29, 0.717) is 11.7 Å². The third kappa shape index (κ3) is 10.1. The van der Waals surface area contributed by atoms with Crippen LogP contribution in [0.5, 0.6) is 0 Å². The topological polar surface area (TPSA) is 26.3 Å². The van der Waals surface area contributed by atoms with Crippen molar-refractivity contribution >= 4 is 14.1 Å². The van der Waals surface area contributed by atoms with Gasteiger partial charge in [-0.05, 0) is 119 Å². The van der Waals surface area contributed by atoms with Gasteiger partial charge in [-0.15, -0.1) is 0 Å². The minimum Gasteiger partial charge on any atom is -0.547 e. The fraction of sp³-hybridized carbons (Fsp3) is 0.914. The summed E-state index contributed by atoms with van der Waals surface area (Å²) in [5.41, 5.74) is 1.56. The molecule has 0 aromatic rings. The Morgan fingerprint density at radius 2 is 1.21 bits per heavy atom. The number of rotatable bonds is 8. The molecule has 0 spiro atoms. The number of carbonyl (C=O) groups excluding carboxylic acids is 1. The summed E-state index contributed by atoms with van der Waals surface area (Å²) in [5.74, 6) is 8.02. The maximum absolute atomic E-state index is 11.6. The van der Waals surface area contributed by atoms with Crippen LogP contribution in [-0.4, -0.2) is 14.1 Å². The largest absolute Gasteiger partial charge is 0.547 e. The molecule has 0 radical (unpaired) electrons. The third-order valence-corrected chi connectivity index (χ3v) is 11.6. The SMILES string of the molecule is CCCC1CCC(C2CCC(=O)C(C)C2)CC1.CCCC1CCC(C2CCC(O[Si](C)(C)C)=C(C)C2)CC1. The highest BCUT2D eigenvalue weighted by atomic mass is 28.4. The van der Waals surface area contributed by atoms with Crippen LogP contribution in [0.2, 0.25) is 19.6 Å². The van der Waals surface area contributed by atoms with E-state index in [0.717, 1.165) is 41.9 Å². The van der Waals surface area contributed by atoms with E-state index in [1.165, 1.54) is 115 Å². The summed E-state index contributed by atoms with van der Waals surface area (Å²) in [6.07, 6.45) is 24.5. The molecule has 220 valence electrons. The minimum absolute atomic E-state index is 0.349. The molecule has 0 aromatic carbocycles. The number of hydrogen-bond donors (Lipinski definition) is 0. The summed E-state index contributed by atoms with van der Waals surface area (Å²) < 4.78 is 6.29. The van der Waals surface area contributed by atoms with E-state index in [1.807, 2.05) is 0 Å². The van der Waals surface area contributed by atoms with Gasteiger partial charge in [-0.25, -0.2) is 0 Å². The molecule has 0 amide bonds. The van der Waals surface area contributed by atoms with Crippen molar-refractivity contribution in [3.63, 3.8) is 0 Å². The summed E-state index contributed by atoms with van der Waals surface area (Å²) in [6, 6.07) is 0. The Morgan fingerprint density at radius 3 is 1.66 bits per heavy atom. The lowest BCUT2D eigenvalue weighted by Gasteiger charge is -2.37. The van der Waals surface area contributed by atoms with Gasteiger partial charge in [-0.2, -0.15) is 0 Å². The molecule has 0 N–H and O–H groups in total. The van der Waals surface area contributed by atoms with Crippen LogP contribution in [0.15, 0.2) is 11.3 Å². The Hall–Kier alpha value is -0.573. The summed E-state index contributed by atoms with van der Waals surface area (Å²) >= 11 is 0. The molecule has 4 aliphatic rings. The zero-order chi connectivity index (χ0) is 27.7. The molecule has 4 aliphatic carbocycles. The molecule has 4 rings (SSSR count). The van der Waals surface area contributed by atoms with Gasteiger partial charge in [0.2, 0.25) is 8.32 Å². The van der Waals surface area contributed by atoms with Gasteiger partial charge in [0.05, 0.1) is 5.76 Å². The molecule has 0 bridgehead atoms. The molecule has 3 unspecified atom stereocenters. The van der Waals surface area contributed by atoms with E-state index in [9.17, 15) is 4.79 Å². The molecule has 38 heavy (non-hydrogen) atoms. The highest BCUT2D eigenvalue weighted by molar-refractivity contribution is 6.70. The quantitative estimate of drug-likeness (QED) is 0.284. The fourth-order valence-electron chi connectivity index (χ4n) is 8.47. The second-order valence-electron chi connectivity index (χ2n) is 15.0. The van der Waals surface area contributed by atoms with E-state index in [-0.39, 0.29) is 0 Å². The summed E-state index contributed by atoms with van der Waals surface area (Å²) in [7, 11) is -1.42. The maximum Gasteiger partial charge on any atom is 0.241 e. The number of allylic oxidation sites excluding steroid dienone is 2. The van der Waals surface area contributed by atoms with Gasteiger partial charge in [-0.3, -0.25) is 4.79 Å². The van der Waals surface area contributed by atoms with Crippen LogP contribution in [0, 0.1) is 41.4 Å². The first-order valence-electron chi connectivity index (χ1n) is 17.0. The van der Waals surface area contributed by atoms with Crippen LogP contribution in [-0.2, 0) is 9.22 Å². The van der Waals surface area contributed by atoms with Crippen LogP contribution in [0.1, 0.15) is 143 Å². The lowest BCUT2D eigenvalue weighted by atomic mass is 9.68. The van der Waals surface area contributed by atoms with Crippen LogP contribution in [0.4, 0.5) is 0 Å².